The van der Waals surface area contributed by atoms with Gasteiger partial charge < -0.3 is 5.21 Å². The monoisotopic (exact) mass is 215 g/mol. The average Bonchev–Trinajstić information content (AvgIpc) is 2.75. The summed E-state index contributed by atoms with van der Waals surface area (Å²) in [6, 6.07) is 7.83. The van der Waals surface area contributed by atoms with Crippen molar-refractivity contribution < 1.29 is 5.21 Å². The van der Waals surface area contributed by atoms with Crippen LogP contribution in [0.5, 0.6) is 0 Å². The first-order valence-corrected chi connectivity index (χ1v) is 4.99. The number of benzene rings is 1. The maximum atomic E-state index is 8.65. The zero-order valence-corrected chi connectivity index (χ0v) is 9.25. The van der Waals surface area contributed by atoms with Gasteiger partial charge in [0.1, 0.15) is 0 Å². The van der Waals surface area contributed by atoms with Gasteiger partial charge in [-0.3, -0.25) is 4.68 Å². The maximum Gasteiger partial charge on any atom is 0.0836 e. The SMILES string of the molecule is C/C(=N\O)c1ccc(-c2cnn(C)c2)cc1. The number of aromatic nitrogens is 2. The lowest BCUT2D eigenvalue weighted by Gasteiger charge is -2.00. The van der Waals surface area contributed by atoms with E-state index in [0.717, 1.165) is 16.7 Å². The predicted octanol–water partition coefficient (Wildman–Crippen LogP) is 2.29. The fourth-order valence-corrected chi connectivity index (χ4v) is 1.53. The van der Waals surface area contributed by atoms with Gasteiger partial charge in [0.2, 0.25) is 0 Å². The van der Waals surface area contributed by atoms with Crippen LogP contribution < -0.4 is 0 Å². The van der Waals surface area contributed by atoms with Crippen molar-refractivity contribution in [3.8, 4) is 11.1 Å². The smallest absolute Gasteiger partial charge is 0.0836 e. The van der Waals surface area contributed by atoms with Crippen LogP contribution in [0.4, 0.5) is 0 Å². The van der Waals surface area contributed by atoms with Gasteiger partial charge in [0.25, 0.3) is 0 Å². The molecular weight excluding hydrogens is 202 g/mol. The van der Waals surface area contributed by atoms with Gasteiger partial charge in [-0.05, 0) is 18.1 Å². The third kappa shape index (κ3) is 1.95. The highest BCUT2D eigenvalue weighted by molar-refractivity contribution is 5.98. The van der Waals surface area contributed by atoms with E-state index in [1.807, 2.05) is 43.7 Å². The molecular formula is C12H13N3O. The zero-order valence-electron chi connectivity index (χ0n) is 9.25. The van der Waals surface area contributed by atoms with E-state index in [0.29, 0.717) is 5.71 Å². The lowest BCUT2D eigenvalue weighted by atomic mass is 10.1. The van der Waals surface area contributed by atoms with Crippen LogP contribution in [0.1, 0.15) is 12.5 Å². The lowest BCUT2D eigenvalue weighted by molar-refractivity contribution is 0.319. The molecule has 1 N–H and O–H groups in total. The number of aryl methyl sites for hydroxylation is 1. The molecule has 0 aliphatic carbocycles. The summed E-state index contributed by atoms with van der Waals surface area (Å²) < 4.78 is 1.77. The summed E-state index contributed by atoms with van der Waals surface area (Å²) in [7, 11) is 1.89. The van der Waals surface area contributed by atoms with E-state index >= 15 is 0 Å². The van der Waals surface area contributed by atoms with E-state index in [9.17, 15) is 0 Å². The average molecular weight is 215 g/mol. The molecule has 0 unspecified atom stereocenters. The largest absolute Gasteiger partial charge is 0.411 e. The third-order valence-corrected chi connectivity index (χ3v) is 2.49. The molecule has 0 spiro atoms. The molecule has 82 valence electrons. The Kier molecular flexibility index (Phi) is 2.72. The highest BCUT2D eigenvalue weighted by Crippen LogP contribution is 2.18. The van der Waals surface area contributed by atoms with Crippen LogP contribution in [0.2, 0.25) is 0 Å². The van der Waals surface area contributed by atoms with Crippen LogP contribution in [0.15, 0.2) is 41.8 Å². The molecule has 0 aliphatic heterocycles. The van der Waals surface area contributed by atoms with Crippen molar-refractivity contribution in [2.45, 2.75) is 6.92 Å². The highest BCUT2D eigenvalue weighted by Gasteiger charge is 2.01. The minimum absolute atomic E-state index is 0.609. The van der Waals surface area contributed by atoms with E-state index in [1.165, 1.54) is 0 Å². The minimum Gasteiger partial charge on any atom is -0.411 e. The van der Waals surface area contributed by atoms with Crippen molar-refractivity contribution in [3.63, 3.8) is 0 Å². The molecule has 2 rings (SSSR count). The number of hydrogen-bond donors (Lipinski definition) is 1. The van der Waals surface area contributed by atoms with Crippen LogP contribution in [0.3, 0.4) is 0 Å². The van der Waals surface area contributed by atoms with Gasteiger partial charge in [0, 0.05) is 18.8 Å². The third-order valence-electron chi connectivity index (χ3n) is 2.49. The topological polar surface area (TPSA) is 50.4 Å². The maximum absolute atomic E-state index is 8.65. The molecule has 0 radical (unpaired) electrons. The fraction of sp³-hybridized carbons (Fsp3) is 0.167. The molecule has 1 aromatic carbocycles. The van der Waals surface area contributed by atoms with Gasteiger partial charge in [0.15, 0.2) is 0 Å². The summed E-state index contributed by atoms with van der Waals surface area (Å²) in [4.78, 5) is 0. The van der Waals surface area contributed by atoms with Gasteiger partial charge in [0.05, 0.1) is 11.9 Å². The van der Waals surface area contributed by atoms with E-state index in [1.54, 1.807) is 11.6 Å². The predicted molar refractivity (Wildman–Crippen MR) is 62.6 cm³/mol. The second-order valence-corrected chi connectivity index (χ2v) is 3.67. The molecule has 0 amide bonds. The molecule has 0 fully saturated rings. The van der Waals surface area contributed by atoms with Gasteiger partial charge in [-0.25, -0.2) is 0 Å². The van der Waals surface area contributed by atoms with E-state index < -0.39 is 0 Å². The van der Waals surface area contributed by atoms with Crippen LogP contribution in [0, 0.1) is 0 Å². The van der Waals surface area contributed by atoms with Gasteiger partial charge in [-0.15, -0.1) is 0 Å². The summed E-state index contributed by atoms with van der Waals surface area (Å²) in [6.07, 6.45) is 3.78. The van der Waals surface area contributed by atoms with Crippen molar-refractivity contribution in [2.75, 3.05) is 0 Å². The Labute approximate surface area is 93.8 Å². The Balaban J connectivity index is 2.33. The van der Waals surface area contributed by atoms with Crippen LogP contribution in [-0.4, -0.2) is 20.7 Å². The van der Waals surface area contributed by atoms with Crippen LogP contribution >= 0.6 is 0 Å². The Hall–Kier alpha value is -2.10. The highest BCUT2D eigenvalue weighted by atomic mass is 16.4. The van der Waals surface area contributed by atoms with Crippen molar-refractivity contribution >= 4 is 5.71 Å². The summed E-state index contributed by atoms with van der Waals surface area (Å²) in [5.41, 5.74) is 3.70. The molecule has 4 heteroatoms. The van der Waals surface area contributed by atoms with Gasteiger partial charge >= 0.3 is 0 Å². The molecule has 16 heavy (non-hydrogen) atoms. The zero-order chi connectivity index (χ0) is 11.5. The molecule has 0 aliphatic rings. The molecule has 4 nitrogen and oxygen atoms in total. The van der Waals surface area contributed by atoms with Crippen molar-refractivity contribution in [1.82, 2.24) is 9.78 Å². The molecule has 2 aromatic rings. The van der Waals surface area contributed by atoms with Crippen LogP contribution in [-0.2, 0) is 7.05 Å². The molecule has 0 saturated carbocycles. The van der Waals surface area contributed by atoms with Crippen molar-refractivity contribution in [3.05, 3.63) is 42.2 Å². The summed E-state index contributed by atoms with van der Waals surface area (Å²) in [6.45, 7) is 1.76. The Morgan fingerprint density at radius 1 is 1.25 bits per heavy atom. The standard InChI is InChI=1S/C12H13N3O/c1-9(14-16)10-3-5-11(6-4-10)12-7-13-15(2)8-12/h3-8,16H,1-2H3/b14-9+. The summed E-state index contributed by atoms with van der Waals surface area (Å²) in [5.74, 6) is 0. The second kappa shape index (κ2) is 4.18. The minimum atomic E-state index is 0.609. The molecule has 1 heterocycles. The van der Waals surface area contributed by atoms with Crippen molar-refractivity contribution in [1.29, 1.82) is 0 Å². The van der Waals surface area contributed by atoms with E-state index in [2.05, 4.69) is 10.3 Å². The molecule has 0 bridgehead atoms. The van der Waals surface area contributed by atoms with Gasteiger partial charge in [-0.1, -0.05) is 29.4 Å². The Morgan fingerprint density at radius 3 is 2.44 bits per heavy atom. The Morgan fingerprint density at radius 2 is 1.94 bits per heavy atom. The number of oxime groups is 1. The summed E-state index contributed by atoms with van der Waals surface area (Å²) >= 11 is 0. The summed E-state index contributed by atoms with van der Waals surface area (Å²) in [5, 5.41) is 15.9. The quantitative estimate of drug-likeness (QED) is 0.474. The first-order chi connectivity index (χ1) is 7.70. The lowest BCUT2D eigenvalue weighted by Crippen LogP contribution is -1.93. The normalized spacial score (nSPS) is 11.8. The number of hydrogen-bond acceptors (Lipinski definition) is 3. The number of nitrogens with zero attached hydrogens (tertiary/aromatic N) is 3. The second-order valence-electron chi connectivity index (χ2n) is 3.67. The van der Waals surface area contributed by atoms with Crippen molar-refractivity contribution in [2.24, 2.45) is 12.2 Å². The van der Waals surface area contributed by atoms with E-state index in [-0.39, 0.29) is 0 Å². The first kappa shape index (κ1) is 10.4. The fourth-order valence-electron chi connectivity index (χ4n) is 1.53. The molecule has 0 atom stereocenters. The van der Waals surface area contributed by atoms with Gasteiger partial charge in [-0.2, -0.15) is 5.10 Å². The van der Waals surface area contributed by atoms with E-state index in [4.69, 9.17) is 5.21 Å². The van der Waals surface area contributed by atoms with Crippen LogP contribution in [0.25, 0.3) is 11.1 Å². The molecule has 1 aromatic heterocycles. The Bertz CT molecular complexity index is 511. The number of rotatable bonds is 2. The first-order valence-electron chi connectivity index (χ1n) is 4.99. The molecule has 0 saturated heterocycles.